The Balaban J connectivity index is 2.11. The van der Waals surface area contributed by atoms with Crippen molar-refractivity contribution < 1.29 is 0 Å². The molecule has 2 nitrogen and oxygen atoms in total. The Bertz CT molecular complexity index is 777. The second-order valence-corrected chi connectivity index (χ2v) is 5.47. The normalized spacial score (nSPS) is 12.5. The zero-order valence-electron chi connectivity index (χ0n) is 12.7. The molecule has 0 aliphatic rings. The molecule has 0 bridgehead atoms. The largest absolute Gasteiger partial charge is 0.309 e. The summed E-state index contributed by atoms with van der Waals surface area (Å²) in [6, 6.07) is 17.3. The molecule has 21 heavy (non-hydrogen) atoms. The van der Waals surface area contributed by atoms with Gasteiger partial charge in [0.25, 0.3) is 0 Å². The van der Waals surface area contributed by atoms with Crippen LogP contribution in [-0.4, -0.2) is 12.0 Å². The van der Waals surface area contributed by atoms with Gasteiger partial charge in [-0.15, -0.1) is 0 Å². The molecule has 0 aliphatic carbocycles. The van der Waals surface area contributed by atoms with E-state index >= 15 is 0 Å². The van der Waals surface area contributed by atoms with Gasteiger partial charge in [0, 0.05) is 11.6 Å². The Hall–Kier alpha value is -2.19. The van der Waals surface area contributed by atoms with E-state index in [9.17, 15) is 0 Å². The van der Waals surface area contributed by atoms with Crippen molar-refractivity contribution in [3.8, 4) is 0 Å². The molecule has 3 aromatic rings. The summed E-state index contributed by atoms with van der Waals surface area (Å²) >= 11 is 0. The van der Waals surface area contributed by atoms with Crippen molar-refractivity contribution in [2.45, 2.75) is 19.9 Å². The molecule has 1 N–H and O–H groups in total. The van der Waals surface area contributed by atoms with E-state index in [2.05, 4.69) is 66.6 Å². The Morgan fingerprint density at radius 2 is 1.86 bits per heavy atom. The number of nitrogens with zero attached hydrogens (tertiary/aromatic N) is 1. The summed E-state index contributed by atoms with van der Waals surface area (Å²) in [6.45, 7) is 4.35. The quantitative estimate of drug-likeness (QED) is 0.777. The number of hydrogen-bond acceptors (Lipinski definition) is 2. The maximum absolute atomic E-state index is 4.39. The molecule has 0 radical (unpaired) electrons. The lowest BCUT2D eigenvalue weighted by Gasteiger charge is -2.21. The van der Waals surface area contributed by atoms with Gasteiger partial charge in [-0.05, 0) is 61.3 Å². The lowest BCUT2D eigenvalue weighted by molar-refractivity contribution is 0.687. The maximum Gasteiger partial charge on any atom is 0.0702 e. The molecule has 106 valence electrons. The molecular formula is C19H20N2. The molecule has 0 saturated carbocycles. The van der Waals surface area contributed by atoms with Crippen molar-refractivity contribution in [1.82, 2.24) is 10.3 Å². The molecule has 0 amide bonds. The van der Waals surface area contributed by atoms with Crippen molar-refractivity contribution in [3.05, 3.63) is 77.0 Å². The van der Waals surface area contributed by atoms with Crippen molar-refractivity contribution in [1.29, 1.82) is 0 Å². The molecule has 1 unspecified atom stereocenters. The van der Waals surface area contributed by atoms with Crippen LogP contribution in [0.4, 0.5) is 0 Å². The number of aryl methyl sites for hydroxylation is 1. The first-order chi connectivity index (χ1) is 10.2. The van der Waals surface area contributed by atoms with E-state index in [1.807, 2.05) is 19.3 Å². The summed E-state index contributed by atoms with van der Waals surface area (Å²) < 4.78 is 0. The first-order valence-electron chi connectivity index (χ1n) is 7.29. The molecule has 0 aliphatic heterocycles. The van der Waals surface area contributed by atoms with Crippen LogP contribution in [0.5, 0.6) is 0 Å². The maximum atomic E-state index is 4.39. The number of benzene rings is 2. The lowest BCUT2D eigenvalue weighted by Crippen LogP contribution is -2.19. The fourth-order valence-electron chi connectivity index (χ4n) is 2.86. The average molecular weight is 276 g/mol. The summed E-state index contributed by atoms with van der Waals surface area (Å²) in [5.74, 6) is 0. The molecule has 0 saturated heterocycles. The van der Waals surface area contributed by atoms with Crippen LogP contribution in [-0.2, 0) is 0 Å². The van der Waals surface area contributed by atoms with Gasteiger partial charge in [-0.1, -0.05) is 30.3 Å². The van der Waals surface area contributed by atoms with E-state index < -0.39 is 0 Å². The highest BCUT2D eigenvalue weighted by atomic mass is 14.9. The fraction of sp³-hybridized carbons (Fsp3) is 0.211. The van der Waals surface area contributed by atoms with E-state index in [0.717, 1.165) is 5.52 Å². The molecule has 3 rings (SSSR count). The third kappa shape index (κ3) is 2.55. The van der Waals surface area contributed by atoms with Gasteiger partial charge in [-0.3, -0.25) is 4.98 Å². The van der Waals surface area contributed by atoms with Gasteiger partial charge >= 0.3 is 0 Å². The van der Waals surface area contributed by atoms with E-state index in [4.69, 9.17) is 0 Å². The SMILES string of the molecule is CNC(c1ccc2ncccc2c1)c1cccc(C)c1C. The zero-order valence-corrected chi connectivity index (χ0v) is 12.7. The average Bonchev–Trinajstić information content (AvgIpc) is 2.52. The number of nitrogens with one attached hydrogen (secondary N) is 1. The molecule has 1 aromatic heterocycles. The molecule has 1 heterocycles. The monoisotopic (exact) mass is 276 g/mol. The van der Waals surface area contributed by atoms with Gasteiger partial charge in [0.2, 0.25) is 0 Å². The molecule has 1 atom stereocenters. The number of rotatable bonds is 3. The first-order valence-corrected chi connectivity index (χ1v) is 7.29. The molecular weight excluding hydrogens is 256 g/mol. The van der Waals surface area contributed by atoms with Crippen LogP contribution in [0, 0.1) is 13.8 Å². The minimum absolute atomic E-state index is 0.203. The number of hydrogen-bond donors (Lipinski definition) is 1. The second kappa shape index (κ2) is 5.66. The topological polar surface area (TPSA) is 24.9 Å². The Kier molecular flexibility index (Phi) is 3.72. The summed E-state index contributed by atoms with van der Waals surface area (Å²) in [7, 11) is 2.01. The van der Waals surface area contributed by atoms with Gasteiger partial charge in [0.15, 0.2) is 0 Å². The van der Waals surface area contributed by atoms with Gasteiger partial charge < -0.3 is 5.32 Å². The van der Waals surface area contributed by atoms with Crippen LogP contribution >= 0.6 is 0 Å². The highest BCUT2D eigenvalue weighted by Gasteiger charge is 2.15. The van der Waals surface area contributed by atoms with Crippen LogP contribution < -0.4 is 5.32 Å². The third-order valence-corrected chi connectivity index (χ3v) is 4.21. The van der Waals surface area contributed by atoms with Gasteiger partial charge in [-0.25, -0.2) is 0 Å². The summed E-state index contributed by atoms with van der Waals surface area (Å²) in [4.78, 5) is 4.39. The van der Waals surface area contributed by atoms with Crippen LogP contribution in [0.1, 0.15) is 28.3 Å². The van der Waals surface area contributed by atoms with Crippen molar-refractivity contribution in [2.24, 2.45) is 0 Å². The molecule has 0 fully saturated rings. The lowest BCUT2D eigenvalue weighted by atomic mass is 9.92. The second-order valence-electron chi connectivity index (χ2n) is 5.47. The Morgan fingerprint density at radius 3 is 2.67 bits per heavy atom. The Morgan fingerprint density at radius 1 is 1.00 bits per heavy atom. The van der Waals surface area contributed by atoms with Gasteiger partial charge in [-0.2, -0.15) is 0 Å². The number of pyridine rings is 1. The minimum Gasteiger partial charge on any atom is -0.309 e. The van der Waals surface area contributed by atoms with E-state index in [-0.39, 0.29) is 6.04 Å². The van der Waals surface area contributed by atoms with E-state index in [0.29, 0.717) is 0 Å². The standard InChI is InChI=1S/C19H20N2/c1-13-6-4-8-17(14(13)2)19(20-3)16-9-10-18-15(12-16)7-5-11-21-18/h4-12,19-20H,1-3H3. The predicted octanol–water partition coefficient (Wildman–Crippen LogP) is 4.16. The highest BCUT2D eigenvalue weighted by molar-refractivity contribution is 5.79. The molecule has 2 heteroatoms. The van der Waals surface area contributed by atoms with Gasteiger partial charge in [0.05, 0.1) is 11.6 Å². The van der Waals surface area contributed by atoms with Gasteiger partial charge in [0.1, 0.15) is 0 Å². The summed E-state index contributed by atoms with van der Waals surface area (Å²) in [6.07, 6.45) is 1.84. The third-order valence-electron chi connectivity index (χ3n) is 4.21. The van der Waals surface area contributed by atoms with Crippen molar-refractivity contribution in [3.63, 3.8) is 0 Å². The highest BCUT2D eigenvalue weighted by Crippen LogP contribution is 2.28. The zero-order chi connectivity index (χ0) is 14.8. The van der Waals surface area contributed by atoms with E-state index in [1.54, 1.807) is 0 Å². The predicted molar refractivity (Wildman–Crippen MR) is 88.6 cm³/mol. The van der Waals surface area contributed by atoms with Crippen molar-refractivity contribution >= 4 is 10.9 Å². The molecule has 0 spiro atoms. The smallest absolute Gasteiger partial charge is 0.0702 e. The van der Waals surface area contributed by atoms with Crippen LogP contribution in [0.25, 0.3) is 10.9 Å². The minimum atomic E-state index is 0.203. The van der Waals surface area contributed by atoms with Crippen molar-refractivity contribution in [2.75, 3.05) is 7.05 Å². The van der Waals surface area contributed by atoms with Crippen LogP contribution in [0.2, 0.25) is 0 Å². The fourth-order valence-corrected chi connectivity index (χ4v) is 2.86. The number of aromatic nitrogens is 1. The summed E-state index contributed by atoms with van der Waals surface area (Å²) in [5.41, 5.74) is 6.32. The van der Waals surface area contributed by atoms with Crippen LogP contribution in [0.15, 0.2) is 54.7 Å². The van der Waals surface area contributed by atoms with Crippen LogP contribution in [0.3, 0.4) is 0 Å². The number of fused-ring (bicyclic) bond motifs is 1. The molecule has 2 aromatic carbocycles. The first kappa shape index (κ1) is 13.8. The summed E-state index contributed by atoms with van der Waals surface area (Å²) in [5, 5.41) is 4.63. The van der Waals surface area contributed by atoms with E-state index in [1.165, 1.54) is 27.6 Å². The Labute approximate surface area is 125 Å².